The first-order valence-corrected chi connectivity index (χ1v) is 6.42. The number of nitrogen functional groups attached to an aromatic ring is 1. The van der Waals surface area contributed by atoms with Crippen LogP contribution in [0.25, 0.3) is 0 Å². The highest BCUT2D eigenvalue weighted by molar-refractivity contribution is 5.56. The second-order valence-corrected chi connectivity index (χ2v) is 4.60. The number of rotatable bonds is 5. The lowest BCUT2D eigenvalue weighted by Gasteiger charge is -2.09. The lowest BCUT2D eigenvalue weighted by atomic mass is 10.1. The zero-order valence-corrected chi connectivity index (χ0v) is 11.4. The van der Waals surface area contributed by atoms with Gasteiger partial charge < -0.3 is 15.8 Å². The standard InChI is InChI=1S/C16H20N2O/c1-12-11-14(5-8-16(12)17)18-10-9-13-3-6-15(19-2)7-4-13/h3-8,11,18H,9-10,17H2,1-2H3. The van der Waals surface area contributed by atoms with E-state index in [1.54, 1.807) is 7.11 Å². The van der Waals surface area contributed by atoms with Crippen molar-refractivity contribution in [2.75, 3.05) is 24.7 Å². The summed E-state index contributed by atoms with van der Waals surface area (Å²) in [6, 6.07) is 14.2. The van der Waals surface area contributed by atoms with Crippen molar-refractivity contribution in [2.45, 2.75) is 13.3 Å². The Balaban J connectivity index is 1.86. The van der Waals surface area contributed by atoms with Gasteiger partial charge in [-0.25, -0.2) is 0 Å². The van der Waals surface area contributed by atoms with Gasteiger partial charge in [-0.3, -0.25) is 0 Å². The van der Waals surface area contributed by atoms with Gasteiger partial charge in [-0.15, -0.1) is 0 Å². The van der Waals surface area contributed by atoms with Crippen molar-refractivity contribution in [3.05, 3.63) is 53.6 Å². The second kappa shape index (κ2) is 6.14. The molecule has 0 aliphatic rings. The Labute approximate surface area is 114 Å². The van der Waals surface area contributed by atoms with E-state index in [0.717, 1.165) is 35.7 Å². The number of hydrogen-bond acceptors (Lipinski definition) is 3. The smallest absolute Gasteiger partial charge is 0.118 e. The van der Waals surface area contributed by atoms with Crippen LogP contribution < -0.4 is 15.8 Å². The Bertz CT molecular complexity index is 535. The van der Waals surface area contributed by atoms with Crippen molar-refractivity contribution in [3.63, 3.8) is 0 Å². The predicted octanol–water partition coefficient (Wildman–Crippen LogP) is 3.24. The Hall–Kier alpha value is -2.16. The van der Waals surface area contributed by atoms with Gasteiger partial charge in [0.05, 0.1) is 7.11 Å². The topological polar surface area (TPSA) is 47.3 Å². The zero-order valence-electron chi connectivity index (χ0n) is 11.4. The van der Waals surface area contributed by atoms with Crippen LogP contribution in [0.2, 0.25) is 0 Å². The first kappa shape index (κ1) is 13.3. The van der Waals surface area contributed by atoms with E-state index >= 15 is 0 Å². The van der Waals surface area contributed by atoms with Crippen molar-refractivity contribution in [1.82, 2.24) is 0 Å². The molecule has 3 nitrogen and oxygen atoms in total. The lowest BCUT2D eigenvalue weighted by Crippen LogP contribution is -2.05. The van der Waals surface area contributed by atoms with E-state index in [-0.39, 0.29) is 0 Å². The van der Waals surface area contributed by atoms with Gasteiger partial charge >= 0.3 is 0 Å². The van der Waals surface area contributed by atoms with Crippen LogP contribution in [0.4, 0.5) is 11.4 Å². The fourth-order valence-electron chi connectivity index (χ4n) is 1.93. The van der Waals surface area contributed by atoms with E-state index in [1.807, 2.05) is 31.2 Å². The van der Waals surface area contributed by atoms with Crippen molar-refractivity contribution in [3.8, 4) is 5.75 Å². The first-order chi connectivity index (χ1) is 9.19. The number of aryl methyl sites for hydroxylation is 1. The maximum atomic E-state index is 5.80. The minimum Gasteiger partial charge on any atom is -0.497 e. The molecule has 0 unspecified atom stereocenters. The molecule has 0 atom stereocenters. The molecule has 0 saturated heterocycles. The molecule has 0 aliphatic carbocycles. The number of nitrogens with one attached hydrogen (secondary N) is 1. The summed E-state index contributed by atoms with van der Waals surface area (Å²) < 4.78 is 5.14. The molecule has 2 rings (SSSR count). The van der Waals surface area contributed by atoms with Crippen LogP contribution in [-0.4, -0.2) is 13.7 Å². The maximum absolute atomic E-state index is 5.80. The summed E-state index contributed by atoms with van der Waals surface area (Å²) in [6.07, 6.45) is 0.980. The number of benzene rings is 2. The third kappa shape index (κ3) is 3.65. The molecule has 0 aliphatic heterocycles. The third-order valence-electron chi connectivity index (χ3n) is 3.17. The van der Waals surface area contributed by atoms with Crippen LogP contribution in [-0.2, 0) is 6.42 Å². The molecule has 0 saturated carbocycles. The maximum Gasteiger partial charge on any atom is 0.118 e. The number of ether oxygens (including phenoxy) is 1. The third-order valence-corrected chi connectivity index (χ3v) is 3.17. The molecule has 2 aromatic carbocycles. The molecular formula is C16H20N2O. The van der Waals surface area contributed by atoms with Crippen LogP contribution >= 0.6 is 0 Å². The SMILES string of the molecule is COc1ccc(CCNc2ccc(N)c(C)c2)cc1. The minimum atomic E-state index is 0.834. The van der Waals surface area contributed by atoms with Gasteiger partial charge in [0, 0.05) is 17.9 Å². The van der Waals surface area contributed by atoms with Crippen molar-refractivity contribution >= 4 is 11.4 Å². The molecule has 0 bridgehead atoms. The van der Waals surface area contributed by atoms with Crippen molar-refractivity contribution in [1.29, 1.82) is 0 Å². The van der Waals surface area contributed by atoms with Crippen molar-refractivity contribution in [2.24, 2.45) is 0 Å². The van der Waals surface area contributed by atoms with Crippen molar-refractivity contribution < 1.29 is 4.74 Å². The van der Waals surface area contributed by atoms with Gasteiger partial charge in [-0.2, -0.15) is 0 Å². The Morgan fingerprint density at radius 2 is 1.84 bits per heavy atom. The fraction of sp³-hybridized carbons (Fsp3) is 0.250. The van der Waals surface area contributed by atoms with Gasteiger partial charge in [-0.1, -0.05) is 12.1 Å². The summed E-state index contributed by atoms with van der Waals surface area (Å²) in [5.41, 5.74) is 10.1. The number of anilines is 2. The molecule has 3 heteroatoms. The van der Waals surface area contributed by atoms with Crippen LogP contribution in [0.1, 0.15) is 11.1 Å². The monoisotopic (exact) mass is 256 g/mol. The van der Waals surface area contributed by atoms with E-state index in [1.165, 1.54) is 5.56 Å². The zero-order chi connectivity index (χ0) is 13.7. The second-order valence-electron chi connectivity index (χ2n) is 4.60. The number of hydrogen-bond donors (Lipinski definition) is 2. The summed E-state index contributed by atoms with van der Waals surface area (Å²) in [7, 11) is 1.68. The Morgan fingerprint density at radius 3 is 2.47 bits per heavy atom. The van der Waals surface area contributed by atoms with Gasteiger partial charge in [0.2, 0.25) is 0 Å². The van der Waals surface area contributed by atoms with Crippen LogP contribution in [0, 0.1) is 6.92 Å². The molecule has 0 aromatic heterocycles. The van der Waals surface area contributed by atoms with E-state index in [4.69, 9.17) is 10.5 Å². The van der Waals surface area contributed by atoms with Gasteiger partial charge in [0.15, 0.2) is 0 Å². The molecule has 2 aromatic rings. The van der Waals surface area contributed by atoms with E-state index in [2.05, 4.69) is 23.5 Å². The van der Waals surface area contributed by atoms with Gasteiger partial charge in [0.1, 0.15) is 5.75 Å². The minimum absolute atomic E-state index is 0.834. The lowest BCUT2D eigenvalue weighted by molar-refractivity contribution is 0.414. The molecule has 100 valence electrons. The van der Waals surface area contributed by atoms with Crippen LogP contribution in [0.3, 0.4) is 0 Å². The van der Waals surface area contributed by atoms with Crippen LogP contribution in [0.5, 0.6) is 5.75 Å². The largest absolute Gasteiger partial charge is 0.497 e. The summed E-state index contributed by atoms with van der Waals surface area (Å²) in [4.78, 5) is 0. The van der Waals surface area contributed by atoms with E-state index in [9.17, 15) is 0 Å². The molecular weight excluding hydrogens is 236 g/mol. The normalized spacial score (nSPS) is 10.2. The Kier molecular flexibility index (Phi) is 4.29. The molecule has 3 N–H and O–H groups in total. The Morgan fingerprint density at radius 1 is 1.11 bits per heavy atom. The number of nitrogens with two attached hydrogens (primary N) is 1. The average Bonchev–Trinajstić information content (AvgIpc) is 2.43. The predicted molar refractivity (Wildman–Crippen MR) is 80.8 cm³/mol. The molecule has 0 radical (unpaired) electrons. The molecule has 0 heterocycles. The quantitative estimate of drug-likeness (QED) is 0.807. The highest BCUT2D eigenvalue weighted by Gasteiger charge is 1.98. The molecule has 0 amide bonds. The molecule has 0 fully saturated rings. The highest BCUT2D eigenvalue weighted by atomic mass is 16.5. The summed E-state index contributed by atoms with van der Waals surface area (Å²) in [6.45, 7) is 2.92. The van der Waals surface area contributed by atoms with E-state index < -0.39 is 0 Å². The van der Waals surface area contributed by atoms with Gasteiger partial charge in [-0.05, 0) is 54.8 Å². The summed E-state index contributed by atoms with van der Waals surface area (Å²) >= 11 is 0. The van der Waals surface area contributed by atoms with Gasteiger partial charge in [0.25, 0.3) is 0 Å². The fourth-order valence-corrected chi connectivity index (χ4v) is 1.93. The highest BCUT2D eigenvalue weighted by Crippen LogP contribution is 2.17. The first-order valence-electron chi connectivity index (χ1n) is 6.42. The summed E-state index contributed by atoms with van der Waals surface area (Å²) in [5.74, 6) is 0.894. The average molecular weight is 256 g/mol. The van der Waals surface area contributed by atoms with E-state index in [0.29, 0.717) is 0 Å². The number of methoxy groups -OCH3 is 1. The summed E-state index contributed by atoms with van der Waals surface area (Å²) in [5, 5.41) is 3.40. The molecule has 0 spiro atoms. The van der Waals surface area contributed by atoms with Crippen LogP contribution in [0.15, 0.2) is 42.5 Å². The molecule has 19 heavy (non-hydrogen) atoms.